The monoisotopic (exact) mass is 216 g/mol. The van der Waals surface area contributed by atoms with Crippen molar-refractivity contribution in [3.8, 4) is 0 Å². The quantitative estimate of drug-likeness (QED) is 0.562. The van der Waals surface area contributed by atoms with Gasteiger partial charge in [0.05, 0.1) is 13.2 Å². The molecule has 0 aliphatic carbocycles. The highest BCUT2D eigenvalue weighted by Crippen LogP contribution is 1.95. The zero-order valence-electron chi connectivity index (χ0n) is 9.44. The highest BCUT2D eigenvalue weighted by molar-refractivity contribution is 5.81. The van der Waals surface area contributed by atoms with E-state index in [1.165, 1.54) is 7.11 Å². The Balaban J connectivity index is 4.19. The molecule has 0 aliphatic heterocycles. The van der Waals surface area contributed by atoms with E-state index in [-0.39, 0.29) is 12.5 Å². The molecule has 0 aromatic rings. The van der Waals surface area contributed by atoms with Crippen molar-refractivity contribution < 1.29 is 14.3 Å². The lowest BCUT2D eigenvalue weighted by atomic mass is 10.2. The van der Waals surface area contributed by atoms with Crippen molar-refractivity contribution in [1.82, 2.24) is 4.90 Å². The highest BCUT2D eigenvalue weighted by Gasteiger charge is 2.19. The lowest BCUT2D eigenvalue weighted by Crippen LogP contribution is -2.47. The summed E-state index contributed by atoms with van der Waals surface area (Å²) in [6, 6.07) is -0.619. The summed E-state index contributed by atoms with van der Waals surface area (Å²) in [7, 11) is 3.10. The van der Waals surface area contributed by atoms with E-state index in [0.29, 0.717) is 19.7 Å². The van der Waals surface area contributed by atoms with Crippen molar-refractivity contribution in [2.24, 2.45) is 5.73 Å². The first-order valence-corrected chi connectivity index (χ1v) is 4.80. The van der Waals surface area contributed by atoms with Gasteiger partial charge in [-0.3, -0.25) is 4.79 Å². The molecule has 0 spiro atoms. The predicted octanol–water partition coefficient (Wildman–Crippen LogP) is -0.379. The third-order valence-corrected chi connectivity index (χ3v) is 1.89. The minimum absolute atomic E-state index is 0.145. The summed E-state index contributed by atoms with van der Waals surface area (Å²) in [6.07, 6.45) is 1.66. The first-order valence-electron chi connectivity index (χ1n) is 4.80. The fraction of sp³-hybridized carbons (Fsp3) is 0.700. The minimum atomic E-state index is -0.619. The molecule has 0 rings (SSSR count). The number of rotatable bonds is 8. The van der Waals surface area contributed by atoms with Crippen LogP contribution in [0.2, 0.25) is 0 Å². The molecule has 0 radical (unpaired) electrons. The molecule has 88 valence electrons. The minimum Gasteiger partial charge on any atom is -0.383 e. The SMILES string of the molecule is C=CCN(CCOC)C(=O)C(N)COC. The van der Waals surface area contributed by atoms with Gasteiger partial charge in [-0.1, -0.05) is 6.08 Å². The molecule has 0 aromatic carbocycles. The maximum Gasteiger partial charge on any atom is 0.242 e. The molecule has 1 amide bonds. The molecular formula is C10H20N2O3. The third-order valence-electron chi connectivity index (χ3n) is 1.89. The zero-order valence-corrected chi connectivity index (χ0v) is 9.44. The van der Waals surface area contributed by atoms with Crippen molar-refractivity contribution in [2.45, 2.75) is 6.04 Å². The van der Waals surface area contributed by atoms with Gasteiger partial charge in [0.25, 0.3) is 0 Å². The zero-order chi connectivity index (χ0) is 11.7. The topological polar surface area (TPSA) is 64.8 Å². The first kappa shape index (κ1) is 14.1. The predicted molar refractivity (Wildman–Crippen MR) is 58.5 cm³/mol. The Morgan fingerprint density at radius 3 is 2.67 bits per heavy atom. The van der Waals surface area contributed by atoms with Gasteiger partial charge in [-0.2, -0.15) is 0 Å². The summed E-state index contributed by atoms with van der Waals surface area (Å²) in [6.45, 7) is 5.28. The second-order valence-electron chi connectivity index (χ2n) is 3.13. The molecule has 0 fully saturated rings. The van der Waals surface area contributed by atoms with Crippen molar-refractivity contribution in [1.29, 1.82) is 0 Å². The van der Waals surface area contributed by atoms with Gasteiger partial charge in [-0.25, -0.2) is 0 Å². The summed E-state index contributed by atoms with van der Waals surface area (Å²) in [5.74, 6) is -0.145. The van der Waals surface area contributed by atoms with Gasteiger partial charge >= 0.3 is 0 Å². The number of nitrogens with zero attached hydrogens (tertiary/aromatic N) is 1. The van der Waals surface area contributed by atoms with Crippen LogP contribution in [0, 0.1) is 0 Å². The van der Waals surface area contributed by atoms with E-state index >= 15 is 0 Å². The molecular weight excluding hydrogens is 196 g/mol. The summed E-state index contributed by atoms with van der Waals surface area (Å²) in [5.41, 5.74) is 5.64. The smallest absolute Gasteiger partial charge is 0.242 e. The van der Waals surface area contributed by atoms with Crippen LogP contribution in [-0.4, -0.2) is 57.4 Å². The lowest BCUT2D eigenvalue weighted by Gasteiger charge is -2.23. The third kappa shape index (κ3) is 5.51. The van der Waals surface area contributed by atoms with Crippen molar-refractivity contribution in [3.63, 3.8) is 0 Å². The molecule has 2 N–H and O–H groups in total. The van der Waals surface area contributed by atoms with Gasteiger partial charge in [0.2, 0.25) is 5.91 Å². The molecule has 0 bridgehead atoms. The van der Waals surface area contributed by atoms with Crippen LogP contribution in [0.4, 0.5) is 0 Å². The molecule has 0 heterocycles. The number of ether oxygens (including phenoxy) is 2. The van der Waals surface area contributed by atoms with Crippen LogP contribution in [0.25, 0.3) is 0 Å². The van der Waals surface area contributed by atoms with Crippen molar-refractivity contribution >= 4 is 5.91 Å². The summed E-state index contributed by atoms with van der Waals surface area (Å²) in [4.78, 5) is 13.3. The van der Waals surface area contributed by atoms with E-state index in [4.69, 9.17) is 15.2 Å². The number of methoxy groups -OCH3 is 2. The summed E-state index contributed by atoms with van der Waals surface area (Å²) < 4.78 is 9.74. The van der Waals surface area contributed by atoms with Crippen molar-refractivity contribution in [3.05, 3.63) is 12.7 Å². The van der Waals surface area contributed by atoms with Crippen LogP contribution in [0.1, 0.15) is 0 Å². The van der Waals surface area contributed by atoms with Crippen LogP contribution in [0.3, 0.4) is 0 Å². The van der Waals surface area contributed by atoms with E-state index in [9.17, 15) is 4.79 Å². The van der Waals surface area contributed by atoms with E-state index in [1.807, 2.05) is 0 Å². The Labute approximate surface area is 90.8 Å². The summed E-state index contributed by atoms with van der Waals surface area (Å²) >= 11 is 0. The van der Waals surface area contributed by atoms with Gasteiger partial charge < -0.3 is 20.1 Å². The van der Waals surface area contributed by atoms with Crippen LogP contribution < -0.4 is 5.73 Å². The number of amides is 1. The fourth-order valence-electron chi connectivity index (χ4n) is 1.13. The van der Waals surface area contributed by atoms with Gasteiger partial charge in [-0.15, -0.1) is 6.58 Å². The van der Waals surface area contributed by atoms with Crippen molar-refractivity contribution in [2.75, 3.05) is 40.5 Å². The van der Waals surface area contributed by atoms with Gasteiger partial charge in [0.15, 0.2) is 0 Å². The number of hydrogen-bond acceptors (Lipinski definition) is 4. The number of nitrogens with two attached hydrogens (primary N) is 1. The average Bonchev–Trinajstić information content (AvgIpc) is 2.23. The molecule has 1 atom stereocenters. The van der Waals surface area contributed by atoms with Crippen LogP contribution in [-0.2, 0) is 14.3 Å². The van der Waals surface area contributed by atoms with E-state index in [0.717, 1.165) is 0 Å². The number of hydrogen-bond donors (Lipinski definition) is 1. The second kappa shape index (κ2) is 8.40. The molecule has 0 aromatic heterocycles. The Kier molecular flexibility index (Phi) is 7.89. The Morgan fingerprint density at radius 2 is 2.20 bits per heavy atom. The van der Waals surface area contributed by atoms with E-state index < -0.39 is 6.04 Å². The molecule has 0 aliphatic rings. The Hall–Kier alpha value is -0.910. The number of carbonyl (C=O) groups is 1. The van der Waals surface area contributed by atoms with Crippen LogP contribution in [0.15, 0.2) is 12.7 Å². The average molecular weight is 216 g/mol. The fourth-order valence-corrected chi connectivity index (χ4v) is 1.13. The second-order valence-corrected chi connectivity index (χ2v) is 3.13. The normalized spacial score (nSPS) is 12.2. The van der Waals surface area contributed by atoms with Gasteiger partial charge in [0, 0.05) is 27.3 Å². The van der Waals surface area contributed by atoms with Crippen LogP contribution in [0.5, 0.6) is 0 Å². The molecule has 0 saturated carbocycles. The maximum absolute atomic E-state index is 11.7. The maximum atomic E-state index is 11.7. The molecule has 0 saturated heterocycles. The molecule has 5 nitrogen and oxygen atoms in total. The van der Waals surface area contributed by atoms with Crippen LogP contribution >= 0.6 is 0 Å². The summed E-state index contributed by atoms with van der Waals surface area (Å²) in [5, 5.41) is 0. The van der Waals surface area contributed by atoms with E-state index in [2.05, 4.69) is 6.58 Å². The first-order chi connectivity index (χ1) is 7.17. The number of carbonyl (C=O) groups excluding carboxylic acids is 1. The Morgan fingerprint density at radius 1 is 1.53 bits per heavy atom. The molecule has 15 heavy (non-hydrogen) atoms. The molecule has 5 heteroatoms. The van der Waals surface area contributed by atoms with Gasteiger partial charge in [-0.05, 0) is 0 Å². The van der Waals surface area contributed by atoms with E-state index in [1.54, 1.807) is 18.1 Å². The van der Waals surface area contributed by atoms with Gasteiger partial charge in [0.1, 0.15) is 6.04 Å². The Bertz CT molecular complexity index is 197. The standard InChI is InChI=1S/C10H20N2O3/c1-4-5-12(6-7-14-2)10(13)9(11)8-15-3/h4,9H,1,5-8,11H2,2-3H3. The largest absolute Gasteiger partial charge is 0.383 e. The molecule has 1 unspecified atom stereocenters. The lowest BCUT2D eigenvalue weighted by molar-refractivity contribution is -0.133. The highest BCUT2D eigenvalue weighted by atomic mass is 16.5.